The molecule has 1 aliphatic rings. The quantitative estimate of drug-likeness (QED) is 0.907. The summed E-state index contributed by atoms with van der Waals surface area (Å²) in [6.45, 7) is 0.507. The molecule has 25 heavy (non-hydrogen) atoms. The fourth-order valence-corrected chi connectivity index (χ4v) is 3.07. The molecule has 0 unspecified atom stereocenters. The van der Waals surface area contributed by atoms with Crippen molar-refractivity contribution in [3.05, 3.63) is 54.0 Å². The minimum Gasteiger partial charge on any atom is -0.481 e. The van der Waals surface area contributed by atoms with Crippen LogP contribution in [0.3, 0.4) is 0 Å². The number of nitrogens with zero attached hydrogens (tertiary/aromatic N) is 4. The molecular weight excluding hydrogens is 320 g/mol. The molecule has 0 radical (unpaired) electrons. The molecule has 1 aliphatic heterocycles. The molecule has 1 saturated heterocycles. The Labute approximate surface area is 145 Å². The Kier molecular flexibility index (Phi) is 4.65. The average Bonchev–Trinajstić information content (AvgIpc) is 3.07. The van der Waals surface area contributed by atoms with Crippen LogP contribution >= 0.6 is 0 Å². The van der Waals surface area contributed by atoms with Crippen molar-refractivity contribution >= 4 is 17.7 Å². The summed E-state index contributed by atoms with van der Waals surface area (Å²) in [4.78, 5) is 36.3. The number of hydrogen-bond acceptors (Lipinski definition) is 5. The molecule has 130 valence electrons. The summed E-state index contributed by atoms with van der Waals surface area (Å²) < 4.78 is 0. The Bertz CT molecular complexity index is 762. The van der Waals surface area contributed by atoms with E-state index in [4.69, 9.17) is 0 Å². The van der Waals surface area contributed by atoms with Crippen molar-refractivity contribution in [3.63, 3.8) is 0 Å². The summed E-state index contributed by atoms with van der Waals surface area (Å²) in [6, 6.07) is 8.91. The van der Waals surface area contributed by atoms with Gasteiger partial charge in [-0.3, -0.25) is 14.6 Å². The first-order valence-electron chi connectivity index (χ1n) is 8.03. The number of amides is 1. The molecule has 1 amide bonds. The minimum absolute atomic E-state index is 0.171. The third kappa shape index (κ3) is 3.45. The number of carbonyl (C=O) groups excluding carboxylic acids is 1. The van der Waals surface area contributed by atoms with Crippen LogP contribution in [-0.2, 0) is 4.79 Å². The standard InChI is InChI=1S/C18H20N4O3/c1-21(2)16-7-6-12(9-20-16)17(23)22-10-13(14(11-22)18(24)25)15-5-3-4-8-19-15/h3-9,13-14H,10-11H2,1-2H3,(H,24,25)/t13-,14-/m1/s1. The zero-order chi connectivity index (χ0) is 18.0. The first-order chi connectivity index (χ1) is 12.0. The first-order valence-corrected chi connectivity index (χ1v) is 8.03. The highest BCUT2D eigenvalue weighted by molar-refractivity contribution is 5.95. The number of aliphatic carboxylic acids is 1. The molecule has 2 aromatic rings. The second kappa shape index (κ2) is 6.88. The van der Waals surface area contributed by atoms with Gasteiger partial charge in [-0.2, -0.15) is 0 Å². The van der Waals surface area contributed by atoms with Crippen LogP contribution < -0.4 is 4.90 Å². The summed E-state index contributed by atoms with van der Waals surface area (Å²) in [5, 5.41) is 9.53. The van der Waals surface area contributed by atoms with Gasteiger partial charge in [0.1, 0.15) is 5.82 Å². The zero-order valence-corrected chi connectivity index (χ0v) is 14.2. The van der Waals surface area contributed by atoms with Gasteiger partial charge >= 0.3 is 5.97 Å². The smallest absolute Gasteiger partial charge is 0.309 e. The Morgan fingerprint density at radius 1 is 1.16 bits per heavy atom. The third-order valence-corrected chi connectivity index (χ3v) is 4.44. The van der Waals surface area contributed by atoms with Crippen LogP contribution in [-0.4, -0.2) is 59.0 Å². The van der Waals surface area contributed by atoms with E-state index in [9.17, 15) is 14.7 Å². The Hall–Kier alpha value is -2.96. The van der Waals surface area contributed by atoms with E-state index >= 15 is 0 Å². The fourth-order valence-electron chi connectivity index (χ4n) is 3.07. The minimum atomic E-state index is -0.910. The monoisotopic (exact) mass is 340 g/mol. The lowest BCUT2D eigenvalue weighted by atomic mass is 9.93. The van der Waals surface area contributed by atoms with Crippen LogP contribution in [0, 0.1) is 5.92 Å². The second-order valence-electron chi connectivity index (χ2n) is 6.32. The van der Waals surface area contributed by atoms with Crippen molar-refractivity contribution in [1.82, 2.24) is 14.9 Å². The van der Waals surface area contributed by atoms with Crippen LogP contribution in [0.4, 0.5) is 5.82 Å². The van der Waals surface area contributed by atoms with E-state index in [0.717, 1.165) is 5.82 Å². The molecule has 0 saturated carbocycles. The maximum atomic E-state index is 12.7. The van der Waals surface area contributed by atoms with Gasteiger partial charge in [0.05, 0.1) is 11.5 Å². The van der Waals surface area contributed by atoms with E-state index in [1.807, 2.05) is 31.1 Å². The molecule has 1 N–H and O–H groups in total. The highest BCUT2D eigenvalue weighted by Gasteiger charge is 2.41. The summed E-state index contributed by atoms with van der Waals surface area (Å²) in [7, 11) is 3.75. The molecular formula is C18H20N4O3. The van der Waals surface area contributed by atoms with Crippen LogP contribution in [0.5, 0.6) is 0 Å². The highest BCUT2D eigenvalue weighted by Crippen LogP contribution is 2.32. The number of aromatic nitrogens is 2. The van der Waals surface area contributed by atoms with Crippen molar-refractivity contribution in [2.24, 2.45) is 5.92 Å². The lowest BCUT2D eigenvalue weighted by molar-refractivity contribution is -0.141. The number of carbonyl (C=O) groups is 2. The molecule has 7 heteroatoms. The summed E-state index contributed by atoms with van der Waals surface area (Å²) in [5.74, 6) is -1.33. The number of rotatable bonds is 4. The lowest BCUT2D eigenvalue weighted by Crippen LogP contribution is -2.30. The number of carboxylic acid groups (broad SMARTS) is 1. The van der Waals surface area contributed by atoms with Crippen molar-refractivity contribution in [3.8, 4) is 0 Å². The Balaban J connectivity index is 1.81. The van der Waals surface area contributed by atoms with Gasteiger partial charge in [0.2, 0.25) is 0 Å². The maximum Gasteiger partial charge on any atom is 0.309 e. The molecule has 2 aromatic heterocycles. The van der Waals surface area contributed by atoms with Crippen LogP contribution in [0.1, 0.15) is 22.0 Å². The van der Waals surface area contributed by atoms with Gasteiger partial charge in [-0.1, -0.05) is 6.07 Å². The maximum absolute atomic E-state index is 12.7. The Morgan fingerprint density at radius 2 is 1.96 bits per heavy atom. The van der Waals surface area contributed by atoms with Gasteiger partial charge in [-0.05, 0) is 24.3 Å². The number of likely N-dealkylation sites (tertiary alicyclic amines) is 1. The van der Waals surface area contributed by atoms with Crippen molar-refractivity contribution in [2.75, 3.05) is 32.1 Å². The average molecular weight is 340 g/mol. The predicted molar refractivity (Wildman–Crippen MR) is 92.6 cm³/mol. The first kappa shape index (κ1) is 16.9. The van der Waals surface area contributed by atoms with Crippen LogP contribution in [0.2, 0.25) is 0 Å². The topological polar surface area (TPSA) is 86.6 Å². The molecule has 1 fully saturated rings. The number of pyridine rings is 2. The van der Waals surface area contributed by atoms with Gasteiger partial charge in [0, 0.05) is 51.2 Å². The van der Waals surface area contributed by atoms with Crippen molar-refractivity contribution in [2.45, 2.75) is 5.92 Å². The lowest BCUT2D eigenvalue weighted by Gasteiger charge is -2.17. The second-order valence-corrected chi connectivity index (χ2v) is 6.32. The molecule has 0 bridgehead atoms. The van der Waals surface area contributed by atoms with Gasteiger partial charge in [0.15, 0.2) is 0 Å². The number of carboxylic acids is 1. The SMILES string of the molecule is CN(C)c1ccc(C(=O)N2C[C@@H](C(=O)O)[C@H](c3ccccn3)C2)cn1. The number of hydrogen-bond donors (Lipinski definition) is 1. The molecule has 0 aliphatic carbocycles. The van der Waals surface area contributed by atoms with Gasteiger partial charge in [0.25, 0.3) is 5.91 Å². The van der Waals surface area contributed by atoms with Crippen molar-refractivity contribution in [1.29, 1.82) is 0 Å². The molecule has 3 rings (SSSR count). The molecule has 0 spiro atoms. The summed E-state index contributed by atoms with van der Waals surface area (Å²) in [6.07, 6.45) is 3.17. The highest BCUT2D eigenvalue weighted by atomic mass is 16.4. The van der Waals surface area contributed by atoms with E-state index in [1.54, 1.807) is 29.3 Å². The number of anilines is 1. The molecule has 3 heterocycles. The van der Waals surface area contributed by atoms with E-state index in [0.29, 0.717) is 17.8 Å². The van der Waals surface area contributed by atoms with Gasteiger partial charge in [-0.25, -0.2) is 4.98 Å². The third-order valence-electron chi connectivity index (χ3n) is 4.44. The van der Waals surface area contributed by atoms with E-state index in [2.05, 4.69) is 9.97 Å². The largest absolute Gasteiger partial charge is 0.481 e. The van der Waals surface area contributed by atoms with Crippen molar-refractivity contribution < 1.29 is 14.7 Å². The summed E-state index contributed by atoms with van der Waals surface area (Å²) in [5.41, 5.74) is 1.16. The normalized spacial score (nSPS) is 19.7. The van der Waals surface area contributed by atoms with E-state index in [-0.39, 0.29) is 18.4 Å². The molecule has 7 nitrogen and oxygen atoms in total. The molecule has 2 atom stereocenters. The van der Waals surface area contributed by atoms with Gasteiger partial charge in [-0.15, -0.1) is 0 Å². The fraction of sp³-hybridized carbons (Fsp3) is 0.333. The predicted octanol–water partition coefficient (Wildman–Crippen LogP) is 1.48. The van der Waals surface area contributed by atoms with E-state index < -0.39 is 11.9 Å². The zero-order valence-electron chi connectivity index (χ0n) is 14.2. The van der Waals surface area contributed by atoms with Crippen LogP contribution in [0.25, 0.3) is 0 Å². The summed E-state index contributed by atoms with van der Waals surface area (Å²) >= 11 is 0. The van der Waals surface area contributed by atoms with E-state index in [1.165, 1.54) is 6.20 Å². The van der Waals surface area contributed by atoms with Gasteiger partial charge < -0.3 is 14.9 Å². The molecule has 0 aromatic carbocycles. The Morgan fingerprint density at radius 3 is 2.52 bits per heavy atom. The van der Waals surface area contributed by atoms with Crippen LogP contribution in [0.15, 0.2) is 42.7 Å².